The van der Waals surface area contributed by atoms with Gasteiger partial charge in [0.1, 0.15) is 5.82 Å². The van der Waals surface area contributed by atoms with Crippen molar-refractivity contribution in [3.63, 3.8) is 0 Å². The fraction of sp³-hybridized carbons (Fsp3) is 0.579. The third-order valence-corrected chi connectivity index (χ3v) is 5.72. The van der Waals surface area contributed by atoms with Gasteiger partial charge in [0.2, 0.25) is 5.91 Å². The zero-order valence-electron chi connectivity index (χ0n) is 15.5. The molecular weight excluding hydrogens is 526 g/mol. The van der Waals surface area contributed by atoms with E-state index in [1.165, 1.54) is 18.9 Å². The maximum absolute atomic E-state index is 13.9. The summed E-state index contributed by atoms with van der Waals surface area (Å²) in [6, 6.07) is 5.20. The third-order valence-electron chi connectivity index (χ3n) is 5.23. The Kier molecular flexibility index (Phi) is 8.78. The molecule has 1 saturated heterocycles. The molecule has 1 atom stereocenters. The van der Waals surface area contributed by atoms with Gasteiger partial charge in [0, 0.05) is 48.7 Å². The van der Waals surface area contributed by atoms with Crippen molar-refractivity contribution in [2.45, 2.75) is 44.7 Å². The average molecular weight is 553 g/mol. The standard InChI is InChI=1S/C19H26BrFN4O.HI/c1-22-19(23-11-14-6-7-15(20)10-17(14)21)24-16-8-9-25(12-16)18(26)13-4-2-3-5-13;/h6-7,10,13,16H,2-5,8-9,11-12H2,1H3,(H2,22,23,24);1H. The number of nitrogens with one attached hydrogen (secondary N) is 2. The lowest BCUT2D eigenvalue weighted by Gasteiger charge is -2.21. The molecule has 2 N–H and O–H groups in total. The molecule has 1 amide bonds. The van der Waals surface area contributed by atoms with Crippen LogP contribution in [-0.2, 0) is 11.3 Å². The number of rotatable bonds is 4. The Labute approximate surface area is 185 Å². The summed E-state index contributed by atoms with van der Waals surface area (Å²) < 4.78 is 14.6. The summed E-state index contributed by atoms with van der Waals surface area (Å²) >= 11 is 3.26. The van der Waals surface area contributed by atoms with Crippen molar-refractivity contribution >= 4 is 51.8 Å². The Hall–Kier alpha value is -0.900. The first kappa shape index (κ1) is 22.4. The predicted molar refractivity (Wildman–Crippen MR) is 120 cm³/mol. The molecule has 27 heavy (non-hydrogen) atoms. The van der Waals surface area contributed by atoms with Gasteiger partial charge in [0.05, 0.1) is 0 Å². The van der Waals surface area contributed by atoms with Crippen LogP contribution >= 0.6 is 39.9 Å². The number of halogens is 3. The zero-order valence-corrected chi connectivity index (χ0v) is 19.4. The quantitative estimate of drug-likeness (QED) is 0.340. The van der Waals surface area contributed by atoms with E-state index < -0.39 is 0 Å². The second-order valence-electron chi connectivity index (χ2n) is 7.06. The molecule has 1 aromatic rings. The van der Waals surface area contributed by atoms with Crippen molar-refractivity contribution in [3.05, 3.63) is 34.1 Å². The number of aliphatic imine (C=N–C) groups is 1. The Balaban J connectivity index is 0.00000261. The second-order valence-corrected chi connectivity index (χ2v) is 7.97. The van der Waals surface area contributed by atoms with Crippen molar-refractivity contribution < 1.29 is 9.18 Å². The smallest absolute Gasteiger partial charge is 0.225 e. The van der Waals surface area contributed by atoms with Crippen molar-refractivity contribution in [1.29, 1.82) is 0 Å². The molecule has 150 valence electrons. The molecule has 8 heteroatoms. The lowest BCUT2D eigenvalue weighted by molar-refractivity contribution is -0.134. The van der Waals surface area contributed by atoms with Gasteiger partial charge in [-0.25, -0.2) is 4.39 Å². The minimum Gasteiger partial charge on any atom is -0.352 e. The van der Waals surface area contributed by atoms with E-state index >= 15 is 0 Å². The number of carbonyl (C=O) groups excluding carboxylic acids is 1. The highest BCUT2D eigenvalue weighted by atomic mass is 127. The van der Waals surface area contributed by atoms with E-state index in [1.807, 2.05) is 11.0 Å². The van der Waals surface area contributed by atoms with Crippen LogP contribution in [0.5, 0.6) is 0 Å². The summed E-state index contributed by atoms with van der Waals surface area (Å²) in [7, 11) is 1.70. The van der Waals surface area contributed by atoms with Crippen LogP contribution < -0.4 is 10.6 Å². The molecule has 5 nitrogen and oxygen atoms in total. The van der Waals surface area contributed by atoms with Gasteiger partial charge in [-0.2, -0.15) is 0 Å². The van der Waals surface area contributed by atoms with Crippen LogP contribution in [0.2, 0.25) is 0 Å². The highest BCUT2D eigenvalue weighted by molar-refractivity contribution is 14.0. The summed E-state index contributed by atoms with van der Waals surface area (Å²) in [5.41, 5.74) is 0.584. The molecule has 1 aliphatic heterocycles. The monoisotopic (exact) mass is 552 g/mol. The molecule has 1 unspecified atom stereocenters. The molecule has 3 rings (SSSR count). The van der Waals surface area contributed by atoms with Crippen LogP contribution in [0.3, 0.4) is 0 Å². The Morgan fingerprint density at radius 2 is 2.07 bits per heavy atom. The molecular formula is C19H27BrFIN4O. The molecule has 0 spiro atoms. The normalized spacial score (nSPS) is 20.5. The maximum Gasteiger partial charge on any atom is 0.225 e. The fourth-order valence-corrected chi connectivity index (χ4v) is 4.07. The number of benzene rings is 1. The number of carbonyl (C=O) groups is 1. The third kappa shape index (κ3) is 6.04. The number of likely N-dealkylation sites (tertiary alicyclic amines) is 1. The SMILES string of the molecule is CN=C(NCc1ccc(Br)cc1F)NC1CCN(C(=O)C2CCCC2)C1.I. The first-order chi connectivity index (χ1) is 12.6. The van der Waals surface area contributed by atoms with E-state index in [4.69, 9.17) is 0 Å². The molecule has 2 aliphatic rings. The van der Waals surface area contributed by atoms with Gasteiger partial charge in [-0.05, 0) is 31.4 Å². The van der Waals surface area contributed by atoms with Crippen LogP contribution in [0.25, 0.3) is 0 Å². The molecule has 1 aromatic carbocycles. The molecule has 1 aliphatic carbocycles. The molecule has 1 saturated carbocycles. The van der Waals surface area contributed by atoms with Crippen molar-refractivity contribution in [3.8, 4) is 0 Å². The van der Waals surface area contributed by atoms with E-state index in [9.17, 15) is 9.18 Å². The van der Waals surface area contributed by atoms with Gasteiger partial charge in [0.15, 0.2) is 5.96 Å². The Morgan fingerprint density at radius 1 is 1.33 bits per heavy atom. The van der Waals surface area contributed by atoms with Crippen molar-refractivity contribution in [1.82, 2.24) is 15.5 Å². The first-order valence-electron chi connectivity index (χ1n) is 9.26. The average Bonchev–Trinajstić information content (AvgIpc) is 3.31. The summed E-state index contributed by atoms with van der Waals surface area (Å²) in [4.78, 5) is 18.7. The number of hydrogen-bond donors (Lipinski definition) is 2. The maximum atomic E-state index is 13.9. The summed E-state index contributed by atoms with van der Waals surface area (Å²) in [6.07, 6.45) is 5.33. The number of amides is 1. The van der Waals surface area contributed by atoms with E-state index in [0.29, 0.717) is 30.5 Å². The van der Waals surface area contributed by atoms with E-state index in [2.05, 4.69) is 31.6 Å². The minimum atomic E-state index is -0.253. The van der Waals surface area contributed by atoms with Crippen LogP contribution in [0, 0.1) is 11.7 Å². The summed E-state index contributed by atoms with van der Waals surface area (Å²) in [5, 5.41) is 6.51. The Morgan fingerprint density at radius 3 is 2.74 bits per heavy atom. The topological polar surface area (TPSA) is 56.7 Å². The van der Waals surface area contributed by atoms with E-state index in [0.717, 1.165) is 30.3 Å². The minimum absolute atomic E-state index is 0. The number of nitrogens with zero attached hydrogens (tertiary/aromatic N) is 2. The van der Waals surface area contributed by atoms with Crippen molar-refractivity contribution in [2.24, 2.45) is 10.9 Å². The van der Waals surface area contributed by atoms with E-state index in [-0.39, 0.29) is 41.8 Å². The lowest BCUT2D eigenvalue weighted by Crippen LogP contribution is -2.45. The van der Waals surface area contributed by atoms with Crippen LogP contribution in [0.15, 0.2) is 27.7 Å². The van der Waals surface area contributed by atoms with Gasteiger partial charge in [-0.15, -0.1) is 24.0 Å². The number of hydrogen-bond acceptors (Lipinski definition) is 2. The van der Waals surface area contributed by atoms with E-state index in [1.54, 1.807) is 13.1 Å². The Bertz CT molecular complexity index is 682. The second kappa shape index (κ2) is 10.6. The van der Waals surface area contributed by atoms with Crippen LogP contribution in [0.4, 0.5) is 4.39 Å². The molecule has 0 radical (unpaired) electrons. The highest BCUT2D eigenvalue weighted by Gasteiger charge is 2.32. The van der Waals surface area contributed by atoms with Gasteiger partial charge in [0.25, 0.3) is 0 Å². The lowest BCUT2D eigenvalue weighted by atomic mass is 10.1. The van der Waals surface area contributed by atoms with Gasteiger partial charge in [-0.3, -0.25) is 9.79 Å². The summed E-state index contributed by atoms with van der Waals surface area (Å²) in [6.45, 7) is 1.87. The summed E-state index contributed by atoms with van der Waals surface area (Å²) in [5.74, 6) is 0.919. The highest BCUT2D eigenvalue weighted by Crippen LogP contribution is 2.27. The predicted octanol–water partition coefficient (Wildman–Crippen LogP) is 3.66. The zero-order chi connectivity index (χ0) is 18.5. The van der Waals surface area contributed by atoms with Gasteiger partial charge >= 0.3 is 0 Å². The largest absolute Gasteiger partial charge is 0.352 e. The first-order valence-corrected chi connectivity index (χ1v) is 10.1. The van der Waals surface area contributed by atoms with Crippen molar-refractivity contribution in [2.75, 3.05) is 20.1 Å². The molecule has 1 heterocycles. The van der Waals surface area contributed by atoms with Gasteiger partial charge < -0.3 is 15.5 Å². The number of guanidine groups is 1. The van der Waals surface area contributed by atoms with Gasteiger partial charge in [-0.1, -0.05) is 34.8 Å². The molecule has 0 bridgehead atoms. The molecule has 2 fully saturated rings. The van der Waals surface area contributed by atoms with Crippen LogP contribution in [-0.4, -0.2) is 42.9 Å². The molecule has 0 aromatic heterocycles. The van der Waals surface area contributed by atoms with Crippen LogP contribution in [0.1, 0.15) is 37.7 Å². The fourth-order valence-electron chi connectivity index (χ4n) is 3.74.